The summed E-state index contributed by atoms with van der Waals surface area (Å²) in [5.41, 5.74) is 0.0193. The van der Waals surface area contributed by atoms with E-state index in [0.29, 0.717) is 22.0 Å². The summed E-state index contributed by atoms with van der Waals surface area (Å²) in [5.74, 6) is -2.01. The van der Waals surface area contributed by atoms with Gasteiger partial charge < -0.3 is 15.0 Å². The number of nitrogens with zero attached hydrogens (tertiary/aromatic N) is 5. The topological polar surface area (TPSA) is 128 Å². The zero-order valence-corrected chi connectivity index (χ0v) is 29.7. The molecule has 0 unspecified atom stereocenters. The second-order valence-electron chi connectivity index (χ2n) is 14.0. The molecule has 2 aliphatic rings. The minimum absolute atomic E-state index is 0.0180. The Morgan fingerprint density at radius 2 is 1.83 bits per heavy atom. The Labute approximate surface area is 306 Å². The third kappa shape index (κ3) is 6.99. The van der Waals surface area contributed by atoms with Crippen molar-refractivity contribution >= 4 is 39.2 Å². The Bertz CT molecular complexity index is 2360. The molecule has 1 aliphatic carbocycles. The summed E-state index contributed by atoms with van der Waals surface area (Å²) >= 11 is 0. The molecule has 7 rings (SSSR count). The van der Waals surface area contributed by atoms with Crippen LogP contribution in [-0.4, -0.2) is 68.8 Å². The molecule has 2 fully saturated rings. The lowest BCUT2D eigenvalue weighted by atomic mass is 9.92. The van der Waals surface area contributed by atoms with Crippen LogP contribution < -0.4 is 21.5 Å². The van der Waals surface area contributed by atoms with E-state index in [0.717, 1.165) is 41.2 Å². The number of nitrogens with one attached hydrogen (secondary N) is 1. The van der Waals surface area contributed by atoms with E-state index in [4.69, 9.17) is 4.74 Å². The van der Waals surface area contributed by atoms with E-state index in [2.05, 4.69) is 15.3 Å². The Balaban J connectivity index is 1.24. The van der Waals surface area contributed by atoms with Crippen molar-refractivity contribution in [1.82, 2.24) is 24.4 Å². The third-order valence-electron chi connectivity index (χ3n) is 10.6. The number of benzene rings is 2. The van der Waals surface area contributed by atoms with E-state index in [9.17, 15) is 32.3 Å². The van der Waals surface area contributed by atoms with Crippen molar-refractivity contribution in [3.63, 3.8) is 0 Å². The molecule has 1 saturated carbocycles. The van der Waals surface area contributed by atoms with Crippen molar-refractivity contribution in [2.75, 3.05) is 24.7 Å². The molecular weight excluding hydrogens is 708 g/mol. The van der Waals surface area contributed by atoms with Gasteiger partial charge in [0.25, 0.3) is 11.5 Å². The highest BCUT2D eigenvalue weighted by molar-refractivity contribution is 6.00. The number of anilines is 1. The van der Waals surface area contributed by atoms with Crippen LogP contribution in [0, 0.1) is 18.7 Å². The fourth-order valence-corrected chi connectivity index (χ4v) is 7.78. The van der Waals surface area contributed by atoms with Gasteiger partial charge >= 0.3 is 11.9 Å². The summed E-state index contributed by atoms with van der Waals surface area (Å²) in [6, 6.07) is 7.36. The van der Waals surface area contributed by atoms with Gasteiger partial charge in [-0.1, -0.05) is 37.8 Å². The highest BCUT2D eigenvalue weighted by Crippen LogP contribution is 2.34. The number of carbonyl (C=O) groups is 2. The monoisotopic (exact) mass is 746 g/mol. The molecule has 3 aromatic heterocycles. The Morgan fingerprint density at radius 3 is 2.57 bits per heavy atom. The number of ketones is 1. The fourth-order valence-electron chi connectivity index (χ4n) is 7.78. The highest BCUT2D eigenvalue weighted by Gasteiger charge is 2.45. The molecule has 1 aliphatic heterocycles. The van der Waals surface area contributed by atoms with Crippen LogP contribution >= 0.6 is 0 Å². The molecular formula is C39H38F4N6O5. The maximum absolute atomic E-state index is 15.8. The molecule has 0 bridgehead atoms. The second-order valence-corrected chi connectivity index (χ2v) is 14.0. The zero-order valence-electron chi connectivity index (χ0n) is 29.7. The van der Waals surface area contributed by atoms with Crippen LogP contribution in [0.4, 0.5) is 23.2 Å². The number of Topliss-reactive ketones (excluding diaryl/α,β-unsaturated/α-hetero) is 1. The molecule has 2 aromatic carbocycles. The number of morpholine rings is 1. The molecule has 15 heteroatoms. The molecule has 4 heterocycles. The lowest BCUT2D eigenvalue weighted by Gasteiger charge is -2.38. The summed E-state index contributed by atoms with van der Waals surface area (Å²) in [5, 5.41) is 3.56. The highest BCUT2D eigenvalue weighted by atomic mass is 19.4. The molecule has 54 heavy (non-hydrogen) atoms. The Kier molecular flexibility index (Phi) is 10.1. The quantitative estimate of drug-likeness (QED) is 0.201. The minimum Gasteiger partial charge on any atom is -0.377 e. The number of alkyl halides is 3. The van der Waals surface area contributed by atoms with Gasteiger partial charge in [-0.3, -0.25) is 28.9 Å². The van der Waals surface area contributed by atoms with Crippen LogP contribution in [0.5, 0.6) is 0 Å². The first-order valence-electron chi connectivity index (χ1n) is 17.8. The summed E-state index contributed by atoms with van der Waals surface area (Å²) in [4.78, 5) is 64.6. The van der Waals surface area contributed by atoms with Crippen molar-refractivity contribution in [3.8, 4) is 5.69 Å². The molecule has 5 aromatic rings. The second kappa shape index (κ2) is 14.8. The van der Waals surface area contributed by atoms with Gasteiger partial charge in [-0.15, -0.1) is 0 Å². The van der Waals surface area contributed by atoms with Crippen LogP contribution in [0.15, 0.2) is 70.6 Å². The molecule has 2 atom stereocenters. The smallest absolute Gasteiger partial charge is 0.377 e. The van der Waals surface area contributed by atoms with Crippen molar-refractivity contribution in [1.29, 1.82) is 0 Å². The number of rotatable bonds is 9. The number of amides is 1. The molecule has 1 amide bonds. The number of aryl methyl sites for hydroxylation is 2. The van der Waals surface area contributed by atoms with E-state index < -0.39 is 47.8 Å². The van der Waals surface area contributed by atoms with Crippen LogP contribution in [-0.2, 0) is 23.0 Å². The van der Waals surface area contributed by atoms with Gasteiger partial charge in [-0.2, -0.15) is 13.2 Å². The Hall–Kier alpha value is -5.44. The van der Waals surface area contributed by atoms with Gasteiger partial charge in [-0.05, 0) is 54.3 Å². The van der Waals surface area contributed by atoms with E-state index in [-0.39, 0.29) is 65.6 Å². The lowest BCUT2D eigenvalue weighted by Crippen LogP contribution is -2.53. The summed E-state index contributed by atoms with van der Waals surface area (Å²) < 4.78 is 64.6. The van der Waals surface area contributed by atoms with E-state index in [1.807, 2.05) is 0 Å². The first-order chi connectivity index (χ1) is 25.8. The number of ether oxygens (including phenoxy) is 1. The van der Waals surface area contributed by atoms with Gasteiger partial charge in [0, 0.05) is 49.9 Å². The van der Waals surface area contributed by atoms with E-state index in [1.165, 1.54) is 49.3 Å². The first kappa shape index (κ1) is 36.9. The molecule has 0 radical (unpaired) electrons. The molecule has 11 nitrogen and oxygen atoms in total. The predicted octanol–water partition coefficient (Wildman–Crippen LogP) is 5.34. The zero-order chi connectivity index (χ0) is 38.3. The number of aromatic nitrogens is 4. The fraction of sp³-hybridized carbons (Fsp3) is 0.385. The average Bonchev–Trinajstić information content (AvgIpc) is 3.67. The van der Waals surface area contributed by atoms with Crippen LogP contribution in [0.3, 0.4) is 0 Å². The number of pyridine rings is 2. The number of fused-ring (bicyclic) bond motifs is 2. The number of hydrogen-bond donors (Lipinski definition) is 1. The normalized spacial score (nSPS) is 17.3. The summed E-state index contributed by atoms with van der Waals surface area (Å²) in [6.07, 6.45) is 3.70. The number of hydrogen-bond acceptors (Lipinski definition) is 8. The van der Waals surface area contributed by atoms with Crippen molar-refractivity contribution < 1.29 is 31.9 Å². The van der Waals surface area contributed by atoms with E-state index in [1.54, 1.807) is 24.3 Å². The van der Waals surface area contributed by atoms with Gasteiger partial charge in [0.1, 0.15) is 11.9 Å². The van der Waals surface area contributed by atoms with Crippen LogP contribution in [0.2, 0.25) is 0 Å². The summed E-state index contributed by atoms with van der Waals surface area (Å²) in [6.45, 7) is 0.747. The molecule has 0 spiro atoms. The van der Waals surface area contributed by atoms with Gasteiger partial charge in [-0.25, -0.2) is 13.8 Å². The maximum Gasteiger partial charge on any atom is 0.411 e. The molecule has 1 N–H and O–H groups in total. The van der Waals surface area contributed by atoms with Gasteiger partial charge in [0.15, 0.2) is 5.78 Å². The number of halogens is 4. The largest absolute Gasteiger partial charge is 0.411 e. The summed E-state index contributed by atoms with van der Waals surface area (Å²) in [7, 11) is 1.54. The van der Waals surface area contributed by atoms with Crippen LogP contribution in [0.1, 0.15) is 53.6 Å². The predicted molar refractivity (Wildman–Crippen MR) is 194 cm³/mol. The SMILES string of the molecule is Cc1cc(N2CCOC[C@@H]2C(F)(F)F)cc(F)c1C(=O)N[C@@H](Cc1ccc(-n2c(=O)c3ccncc3n(C)c2=O)c2ncccc12)C(=O)CC1CCCC1. The molecule has 1 saturated heterocycles. The minimum atomic E-state index is -4.62. The Morgan fingerprint density at radius 1 is 1.06 bits per heavy atom. The molecule has 282 valence electrons. The standard InChI is InChI=1S/C39H38F4N6O5/c1-22-16-25(48-14-15-54-21-33(48)39(41,42)43)19-28(40)34(22)36(51)46-29(32(50)17-23-6-3-4-7-23)18-24-9-10-30(35-26(24)8-5-12-45-35)49-37(52)27-11-13-44-20-31(27)47(2)38(49)53/h5,8-13,16,19-20,23,29,33H,3-4,6-7,14-15,17-18,21H2,1-2H3,(H,46,51)/t29-,33+/m0/s1. The van der Waals surface area contributed by atoms with Gasteiger partial charge in [0.05, 0.1) is 53.1 Å². The average molecular weight is 747 g/mol. The lowest BCUT2D eigenvalue weighted by molar-refractivity contribution is -0.167. The van der Waals surface area contributed by atoms with Gasteiger partial charge in [0.2, 0.25) is 0 Å². The van der Waals surface area contributed by atoms with Crippen molar-refractivity contribution in [2.24, 2.45) is 13.0 Å². The van der Waals surface area contributed by atoms with Crippen LogP contribution in [0.25, 0.3) is 27.5 Å². The maximum atomic E-state index is 15.8. The number of carbonyl (C=O) groups excluding carboxylic acids is 2. The third-order valence-corrected chi connectivity index (χ3v) is 10.6. The first-order valence-corrected chi connectivity index (χ1v) is 17.8. The van der Waals surface area contributed by atoms with Crippen molar-refractivity contribution in [3.05, 3.63) is 104 Å². The van der Waals surface area contributed by atoms with Crippen molar-refractivity contribution in [2.45, 2.75) is 63.7 Å². The van der Waals surface area contributed by atoms with E-state index >= 15 is 4.39 Å².